The normalized spacial score (nSPS) is 14.4. The lowest BCUT2D eigenvalue weighted by Crippen LogP contribution is -2.37. The van der Waals surface area contributed by atoms with Gasteiger partial charge in [0.05, 0.1) is 17.3 Å². The Morgan fingerprint density at radius 1 is 1.22 bits per heavy atom. The van der Waals surface area contributed by atoms with Crippen molar-refractivity contribution in [3.63, 3.8) is 0 Å². The van der Waals surface area contributed by atoms with Crippen molar-refractivity contribution in [2.75, 3.05) is 18.4 Å². The van der Waals surface area contributed by atoms with Crippen LogP contribution in [0.4, 0.5) is 5.69 Å². The Morgan fingerprint density at radius 2 is 1.96 bits per heavy atom. The van der Waals surface area contributed by atoms with Crippen LogP contribution in [0.25, 0.3) is 0 Å². The number of rotatable bonds is 3. The zero-order chi connectivity index (χ0) is 16.4. The first-order valence-corrected chi connectivity index (χ1v) is 8.26. The van der Waals surface area contributed by atoms with Crippen LogP contribution in [-0.4, -0.2) is 23.9 Å². The number of carbonyl (C=O) groups is 1. The fourth-order valence-corrected chi connectivity index (χ4v) is 3.51. The Hall–Kier alpha value is -1.84. The number of fused-ring (bicyclic) bond motifs is 1. The molecule has 2 aromatic carbocycles. The topological polar surface area (TPSA) is 32.3 Å². The molecule has 1 aliphatic rings. The first kappa shape index (κ1) is 16.0. The minimum atomic E-state index is -0.0155. The smallest absolute Gasteiger partial charge is 0.238 e. The number of carbonyl (C=O) groups excluding carboxylic acids is 1. The van der Waals surface area contributed by atoms with Crippen LogP contribution in [0.3, 0.4) is 0 Å². The van der Waals surface area contributed by atoms with E-state index in [0.29, 0.717) is 11.6 Å². The number of aryl methyl sites for hydroxylation is 2. The highest BCUT2D eigenvalue weighted by atomic mass is 35.5. The average molecular weight is 329 g/mol. The maximum atomic E-state index is 12.4. The molecule has 0 unspecified atom stereocenters. The fraction of sp³-hybridized carbons (Fsp3) is 0.316. The second-order valence-corrected chi connectivity index (χ2v) is 6.62. The van der Waals surface area contributed by atoms with E-state index >= 15 is 0 Å². The highest BCUT2D eigenvalue weighted by molar-refractivity contribution is 6.34. The van der Waals surface area contributed by atoms with Crippen molar-refractivity contribution in [1.82, 2.24) is 4.90 Å². The largest absolute Gasteiger partial charge is 0.323 e. The standard InChI is InChI=1S/C19H21ClN2O/c1-13-9-14(2)19(17(20)10-13)21-18(23)12-22-8-7-15-5-3-4-6-16(15)11-22/h3-6,9-10H,7-8,11-12H2,1-2H3,(H,21,23). The van der Waals surface area contributed by atoms with Crippen molar-refractivity contribution in [2.24, 2.45) is 0 Å². The van der Waals surface area contributed by atoms with Crippen molar-refractivity contribution in [3.8, 4) is 0 Å². The highest BCUT2D eigenvalue weighted by Gasteiger charge is 2.18. The first-order valence-electron chi connectivity index (χ1n) is 7.88. The van der Waals surface area contributed by atoms with Crippen LogP contribution in [0.15, 0.2) is 36.4 Å². The number of nitrogens with zero attached hydrogens (tertiary/aromatic N) is 1. The molecule has 0 radical (unpaired) electrons. The monoisotopic (exact) mass is 328 g/mol. The van der Waals surface area contributed by atoms with E-state index in [2.05, 4.69) is 34.5 Å². The van der Waals surface area contributed by atoms with Gasteiger partial charge in [-0.1, -0.05) is 41.9 Å². The lowest BCUT2D eigenvalue weighted by atomic mass is 10.00. The molecule has 1 heterocycles. The maximum absolute atomic E-state index is 12.4. The Morgan fingerprint density at radius 3 is 2.70 bits per heavy atom. The number of anilines is 1. The summed E-state index contributed by atoms with van der Waals surface area (Å²) in [5.74, 6) is -0.0155. The Kier molecular flexibility index (Phi) is 4.69. The summed E-state index contributed by atoms with van der Waals surface area (Å²) in [6, 6.07) is 12.3. The van der Waals surface area contributed by atoms with E-state index in [9.17, 15) is 4.79 Å². The predicted octanol–water partition coefficient (Wildman–Crippen LogP) is 3.95. The fourth-order valence-electron chi connectivity index (χ4n) is 3.15. The van der Waals surface area contributed by atoms with Gasteiger partial charge in [-0.05, 0) is 48.6 Å². The van der Waals surface area contributed by atoms with E-state index in [1.54, 1.807) is 0 Å². The minimum Gasteiger partial charge on any atom is -0.323 e. The summed E-state index contributed by atoms with van der Waals surface area (Å²) >= 11 is 6.26. The lowest BCUT2D eigenvalue weighted by molar-refractivity contribution is -0.117. The third-order valence-corrected chi connectivity index (χ3v) is 4.57. The molecule has 1 aliphatic heterocycles. The predicted molar refractivity (Wildman–Crippen MR) is 95.0 cm³/mol. The van der Waals surface area contributed by atoms with Crippen LogP contribution < -0.4 is 5.32 Å². The van der Waals surface area contributed by atoms with Gasteiger partial charge in [-0.2, -0.15) is 0 Å². The highest BCUT2D eigenvalue weighted by Crippen LogP contribution is 2.27. The molecule has 2 aromatic rings. The summed E-state index contributed by atoms with van der Waals surface area (Å²) in [5.41, 5.74) is 5.52. The average Bonchev–Trinajstić information content (AvgIpc) is 2.51. The van der Waals surface area contributed by atoms with E-state index in [1.807, 2.05) is 26.0 Å². The molecule has 23 heavy (non-hydrogen) atoms. The molecule has 0 aliphatic carbocycles. The van der Waals surface area contributed by atoms with Gasteiger partial charge < -0.3 is 5.32 Å². The van der Waals surface area contributed by atoms with Crippen molar-refractivity contribution in [2.45, 2.75) is 26.8 Å². The van der Waals surface area contributed by atoms with E-state index in [-0.39, 0.29) is 5.91 Å². The summed E-state index contributed by atoms with van der Waals surface area (Å²) in [7, 11) is 0. The molecular formula is C19H21ClN2O. The molecule has 0 aromatic heterocycles. The summed E-state index contributed by atoms with van der Waals surface area (Å²) in [6.07, 6.45) is 0.994. The van der Waals surface area contributed by atoms with Crippen molar-refractivity contribution in [3.05, 3.63) is 63.7 Å². The molecule has 0 atom stereocenters. The van der Waals surface area contributed by atoms with E-state index in [4.69, 9.17) is 11.6 Å². The molecule has 0 fully saturated rings. The summed E-state index contributed by atoms with van der Waals surface area (Å²) in [4.78, 5) is 14.5. The second kappa shape index (κ2) is 6.73. The van der Waals surface area contributed by atoms with Gasteiger partial charge in [0.15, 0.2) is 0 Å². The Balaban J connectivity index is 1.65. The van der Waals surface area contributed by atoms with Gasteiger partial charge in [-0.25, -0.2) is 0 Å². The molecular weight excluding hydrogens is 308 g/mol. The summed E-state index contributed by atoms with van der Waals surface area (Å²) < 4.78 is 0. The minimum absolute atomic E-state index is 0.0155. The summed E-state index contributed by atoms with van der Waals surface area (Å²) in [5, 5.41) is 3.56. The zero-order valence-electron chi connectivity index (χ0n) is 13.5. The van der Waals surface area contributed by atoms with Crippen LogP contribution in [0.1, 0.15) is 22.3 Å². The Bertz CT molecular complexity index is 719. The van der Waals surface area contributed by atoms with E-state index in [1.165, 1.54) is 11.1 Å². The third-order valence-electron chi connectivity index (χ3n) is 4.27. The molecule has 0 spiro atoms. The third kappa shape index (κ3) is 3.74. The van der Waals surface area contributed by atoms with Gasteiger partial charge in [-0.3, -0.25) is 9.69 Å². The molecule has 0 saturated carbocycles. The van der Waals surface area contributed by atoms with Gasteiger partial charge in [0.2, 0.25) is 5.91 Å². The van der Waals surface area contributed by atoms with Gasteiger partial charge in [0.1, 0.15) is 0 Å². The SMILES string of the molecule is Cc1cc(C)c(NC(=O)CN2CCc3ccccc3C2)c(Cl)c1. The zero-order valence-corrected chi connectivity index (χ0v) is 14.3. The Labute approximate surface area is 142 Å². The van der Waals surface area contributed by atoms with Crippen LogP contribution in [0.2, 0.25) is 5.02 Å². The molecule has 0 saturated heterocycles. The van der Waals surface area contributed by atoms with Crippen LogP contribution in [0.5, 0.6) is 0 Å². The molecule has 3 rings (SSSR count). The molecule has 120 valence electrons. The number of hydrogen-bond acceptors (Lipinski definition) is 2. The first-order chi connectivity index (χ1) is 11.0. The van der Waals surface area contributed by atoms with Crippen molar-refractivity contribution >= 4 is 23.2 Å². The van der Waals surface area contributed by atoms with Crippen molar-refractivity contribution in [1.29, 1.82) is 0 Å². The van der Waals surface area contributed by atoms with Crippen LogP contribution in [-0.2, 0) is 17.8 Å². The number of benzene rings is 2. The van der Waals surface area contributed by atoms with E-state index < -0.39 is 0 Å². The van der Waals surface area contributed by atoms with Gasteiger partial charge in [0, 0.05) is 13.1 Å². The molecule has 1 N–H and O–H groups in total. The molecule has 4 heteroatoms. The number of nitrogens with one attached hydrogen (secondary N) is 1. The quantitative estimate of drug-likeness (QED) is 0.925. The molecule has 0 bridgehead atoms. The molecule has 3 nitrogen and oxygen atoms in total. The lowest BCUT2D eigenvalue weighted by Gasteiger charge is -2.28. The van der Waals surface area contributed by atoms with Gasteiger partial charge in [0.25, 0.3) is 0 Å². The number of amides is 1. The van der Waals surface area contributed by atoms with Crippen molar-refractivity contribution < 1.29 is 4.79 Å². The van der Waals surface area contributed by atoms with Gasteiger partial charge in [-0.15, -0.1) is 0 Å². The summed E-state index contributed by atoms with van der Waals surface area (Å²) in [6.45, 7) is 6.08. The van der Waals surface area contributed by atoms with Crippen LogP contribution in [0, 0.1) is 13.8 Å². The number of hydrogen-bond donors (Lipinski definition) is 1. The molecule has 1 amide bonds. The van der Waals surface area contributed by atoms with E-state index in [0.717, 1.165) is 36.3 Å². The van der Waals surface area contributed by atoms with Gasteiger partial charge >= 0.3 is 0 Å². The second-order valence-electron chi connectivity index (χ2n) is 6.22. The number of halogens is 1. The maximum Gasteiger partial charge on any atom is 0.238 e. The van der Waals surface area contributed by atoms with Crippen LogP contribution >= 0.6 is 11.6 Å².